The number of nitrogens with one attached hydrogen (secondary N) is 1. The predicted molar refractivity (Wildman–Crippen MR) is 64.1 cm³/mol. The van der Waals surface area contributed by atoms with Crippen LogP contribution in [-0.2, 0) is 6.54 Å². The topological polar surface area (TPSA) is 63.8 Å². The van der Waals surface area contributed by atoms with E-state index in [2.05, 4.69) is 34.3 Å². The molecule has 0 aliphatic rings. The Morgan fingerprint density at radius 3 is 2.76 bits per heavy atom. The lowest BCUT2D eigenvalue weighted by molar-refractivity contribution is 0.364. The van der Waals surface area contributed by atoms with Crippen LogP contribution in [0.15, 0.2) is 29.0 Å². The molecule has 0 bridgehead atoms. The fraction of sp³-hybridized carbons (Fsp3) is 0.417. The third-order valence-corrected chi connectivity index (χ3v) is 2.24. The Balaban J connectivity index is 1.97. The highest BCUT2D eigenvalue weighted by atomic mass is 16.5. The number of nitrogens with zero attached hydrogens (tertiary/aromatic N) is 3. The van der Waals surface area contributed by atoms with Gasteiger partial charge in [0.1, 0.15) is 0 Å². The van der Waals surface area contributed by atoms with E-state index in [0.717, 1.165) is 12.1 Å². The largest absolute Gasteiger partial charge is 0.338 e. The predicted octanol–water partition coefficient (Wildman–Crippen LogP) is 1.88. The Hall–Kier alpha value is -1.75. The minimum atomic E-state index is 0.605. The van der Waals surface area contributed by atoms with E-state index in [0.29, 0.717) is 24.2 Å². The van der Waals surface area contributed by atoms with Crippen LogP contribution in [0, 0.1) is 5.92 Å². The van der Waals surface area contributed by atoms with Gasteiger partial charge in [0.2, 0.25) is 11.7 Å². The lowest BCUT2D eigenvalue weighted by atomic mass is 10.2. The van der Waals surface area contributed by atoms with E-state index in [9.17, 15) is 0 Å². The van der Waals surface area contributed by atoms with E-state index in [1.54, 1.807) is 12.4 Å². The summed E-state index contributed by atoms with van der Waals surface area (Å²) in [6.07, 6.45) is 3.42. The van der Waals surface area contributed by atoms with E-state index < -0.39 is 0 Å². The molecule has 0 aliphatic heterocycles. The van der Waals surface area contributed by atoms with Crippen LogP contribution >= 0.6 is 0 Å². The van der Waals surface area contributed by atoms with Crippen molar-refractivity contribution in [2.24, 2.45) is 5.92 Å². The molecular weight excluding hydrogens is 216 g/mol. The molecule has 0 aromatic carbocycles. The van der Waals surface area contributed by atoms with Crippen LogP contribution in [-0.4, -0.2) is 21.7 Å². The molecule has 0 atom stereocenters. The first-order valence-electron chi connectivity index (χ1n) is 5.69. The second-order valence-corrected chi connectivity index (χ2v) is 4.27. The maximum absolute atomic E-state index is 5.16. The van der Waals surface area contributed by atoms with Gasteiger partial charge in [-0.3, -0.25) is 4.98 Å². The van der Waals surface area contributed by atoms with Crippen molar-refractivity contribution in [2.45, 2.75) is 20.4 Å². The minimum Gasteiger partial charge on any atom is -0.338 e. The molecule has 0 amide bonds. The first-order valence-corrected chi connectivity index (χ1v) is 5.69. The lowest BCUT2D eigenvalue weighted by Gasteiger charge is -2.03. The molecule has 0 saturated heterocycles. The SMILES string of the molecule is CC(C)CNCc1nc(-c2ccncc2)no1. The summed E-state index contributed by atoms with van der Waals surface area (Å²) in [6, 6.07) is 3.71. The third kappa shape index (κ3) is 3.35. The van der Waals surface area contributed by atoms with E-state index in [1.165, 1.54) is 0 Å². The van der Waals surface area contributed by atoms with Crippen molar-refractivity contribution < 1.29 is 4.52 Å². The Morgan fingerprint density at radius 2 is 2.06 bits per heavy atom. The van der Waals surface area contributed by atoms with Crippen LogP contribution in [0.5, 0.6) is 0 Å². The molecule has 0 spiro atoms. The van der Waals surface area contributed by atoms with Crippen LogP contribution in [0.4, 0.5) is 0 Å². The van der Waals surface area contributed by atoms with Crippen LogP contribution in [0.25, 0.3) is 11.4 Å². The highest BCUT2D eigenvalue weighted by Crippen LogP contribution is 2.13. The Bertz CT molecular complexity index is 453. The number of rotatable bonds is 5. The maximum atomic E-state index is 5.16. The first-order chi connectivity index (χ1) is 8.25. The van der Waals surface area contributed by atoms with E-state index in [1.807, 2.05) is 12.1 Å². The molecule has 90 valence electrons. The average Bonchev–Trinajstić information content (AvgIpc) is 2.78. The Labute approximate surface area is 100 Å². The zero-order chi connectivity index (χ0) is 12.1. The highest BCUT2D eigenvalue weighted by Gasteiger charge is 2.07. The van der Waals surface area contributed by atoms with Gasteiger partial charge in [0.25, 0.3) is 0 Å². The monoisotopic (exact) mass is 232 g/mol. The summed E-state index contributed by atoms with van der Waals surface area (Å²) in [6.45, 7) is 5.86. The molecule has 5 heteroatoms. The van der Waals surface area contributed by atoms with E-state index >= 15 is 0 Å². The fourth-order valence-corrected chi connectivity index (χ4v) is 1.41. The van der Waals surface area contributed by atoms with Gasteiger partial charge < -0.3 is 9.84 Å². The molecule has 5 nitrogen and oxygen atoms in total. The van der Waals surface area contributed by atoms with Gasteiger partial charge in [0, 0.05) is 18.0 Å². The second-order valence-electron chi connectivity index (χ2n) is 4.27. The Morgan fingerprint density at radius 1 is 1.29 bits per heavy atom. The van der Waals surface area contributed by atoms with Crippen molar-refractivity contribution in [1.29, 1.82) is 0 Å². The standard InChI is InChI=1S/C12H16N4O/c1-9(2)7-14-8-11-15-12(16-17-11)10-3-5-13-6-4-10/h3-6,9,14H,7-8H2,1-2H3. The molecule has 0 aliphatic carbocycles. The number of hydrogen-bond donors (Lipinski definition) is 1. The average molecular weight is 232 g/mol. The summed E-state index contributed by atoms with van der Waals surface area (Å²) < 4.78 is 5.16. The third-order valence-electron chi connectivity index (χ3n) is 2.24. The van der Waals surface area contributed by atoms with Gasteiger partial charge in [-0.15, -0.1) is 0 Å². The van der Waals surface area contributed by atoms with Gasteiger partial charge in [0.15, 0.2) is 0 Å². The van der Waals surface area contributed by atoms with Crippen LogP contribution in [0.3, 0.4) is 0 Å². The number of hydrogen-bond acceptors (Lipinski definition) is 5. The second kappa shape index (κ2) is 5.54. The molecule has 0 saturated carbocycles. The molecule has 2 rings (SSSR count). The lowest BCUT2D eigenvalue weighted by Crippen LogP contribution is -2.19. The van der Waals surface area contributed by atoms with Crippen LogP contribution in [0.2, 0.25) is 0 Å². The Kier molecular flexibility index (Phi) is 3.82. The van der Waals surface area contributed by atoms with Gasteiger partial charge >= 0.3 is 0 Å². The van der Waals surface area contributed by atoms with Gasteiger partial charge in [0.05, 0.1) is 6.54 Å². The van der Waals surface area contributed by atoms with Crippen molar-refractivity contribution in [3.63, 3.8) is 0 Å². The van der Waals surface area contributed by atoms with Crippen molar-refractivity contribution in [2.75, 3.05) is 6.54 Å². The molecule has 2 aromatic heterocycles. The molecule has 2 heterocycles. The molecule has 2 aromatic rings. The summed E-state index contributed by atoms with van der Waals surface area (Å²) in [4.78, 5) is 8.26. The minimum absolute atomic E-state index is 0.605. The van der Waals surface area contributed by atoms with Crippen LogP contribution < -0.4 is 5.32 Å². The highest BCUT2D eigenvalue weighted by molar-refractivity contribution is 5.52. The van der Waals surface area contributed by atoms with Gasteiger partial charge in [-0.05, 0) is 24.6 Å². The molecule has 0 radical (unpaired) electrons. The van der Waals surface area contributed by atoms with Crippen molar-refractivity contribution in [1.82, 2.24) is 20.4 Å². The zero-order valence-electron chi connectivity index (χ0n) is 10.1. The summed E-state index contributed by atoms with van der Waals surface area (Å²) in [5, 5.41) is 7.19. The fourth-order valence-electron chi connectivity index (χ4n) is 1.41. The molecule has 17 heavy (non-hydrogen) atoms. The number of aromatic nitrogens is 3. The van der Waals surface area contributed by atoms with Crippen LogP contribution in [0.1, 0.15) is 19.7 Å². The van der Waals surface area contributed by atoms with Gasteiger partial charge in [-0.2, -0.15) is 4.98 Å². The summed E-state index contributed by atoms with van der Waals surface area (Å²) in [5.74, 6) is 1.82. The normalized spacial score (nSPS) is 11.0. The molecule has 1 N–H and O–H groups in total. The number of pyridine rings is 1. The quantitative estimate of drug-likeness (QED) is 0.852. The summed E-state index contributed by atoms with van der Waals surface area (Å²) >= 11 is 0. The van der Waals surface area contributed by atoms with Crippen molar-refractivity contribution in [3.8, 4) is 11.4 Å². The van der Waals surface area contributed by atoms with E-state index in [-0.39, 0.29) is 0 Å². The van der Waals surface area contributed by atoms with E-state index in [4.69, 9.17) is 4.52 Å². The molecular formula is C12H16N4O. The summed E-state index contributed by atoms with van der Waals surface area (Å²) in [7, 11) is 0. The smallest absolute Gasteiger partial charge is 0.240 e. The molecule has 0 unspecified atom stereocenters. The maximum Gasteiger partial charge on any atom is 0.240 e. The summed E-state index contributed by atoms with van der Waals surface area (Å²) in [5.41, 5.74) is 0.916. The zero-order valence-corrected chi connectivity index (χ0v) is 10.1. The van der Waals surface area contributed by atoms with Crippen molar-refractivity contribution >= 4 is 0 Å². The van der Waals surface area contributed by atoms with Gasteiger partial charge in [-0.1, -0.05) is 19.0 Å². The molecule has 0 fully saturated rings. The van der Waals surface area contributed by atoms with Crippen molar-refractivity contribution in [3.05, 3.63) is 30.4 Å². The first kappa shape index (κ1) is 11.7. The van der Waals surface area contributed by atoms with Gasteiger partial charge in [-0.25, -0.2) is 0 Å².